The lowest BCUT2D eigenvalue weighted by molar-refractivity contribution is 0.154. The fourth-order valence-corrected chi connectivity index (χ4v) is 3.08. The number of thiophene rings is 1. The first kappa shape index (κ1) is 12.6. The first-order valence-corrected chi connectivity index (χ1v) is 6.69. The minimum absolute atomic E-state index is 0.0632. The number of aryl methyl sites for hydroxylation is 1. The Kier molecular flexibility index (Phi) is 3.82. The summed E-state index contributed by atoms with van der Waals surface area (Å²) in [6, 6.07) is 5.71. The molecule has 0 saturated carbocycles. The van der Waals surface area contributed by atoms with Crippen LogP contribution in [-0.2, 0) is 0 Å². The zero-order chi connectivity index (χ0) is 12.4. The SMILES string of the molecule is Cc1csc(C(O)C(C)c2ccccn2)c1Cl. The number of aliphatic hydroxyl groups excluding tert-OH is 1. The van der Waals surface area contributed by atoms with Crippen molar-refractivity contribution in [3.05, 3.63) is 50.9 Å². The molecule has 0 aliphatic carbocycles. The first-order valence-electron chi connectivity index (χ1n) is 5.43. The number of hydrogen-bond donors (Lipinski definition) is 1. The highest BCUT2D eigenvalue weighted by atomic mass is 35.5. The van der Waals surface area contributed by atoms with Gasteiger partial charge in [-0.25, -0.2) is 0 Å². The van der Waals surface area contributed by atoms with Crippen molar-refractivity contribution in [1.82, 2.24) is 4.98 Å². The van der Waals surface area contributed by atoms with E-state index in [1.54, 1.807) is 6.20 Å². The van der Waals surface area contributed by atoms with Gasteiger partial charge < -0.3 is 5.11 Å². The zero-order valence-electron chi connectivity index (χ0n) is 9.72. The van der Waals surface area contributed by atoms with Crippen molar-refractivity contribution in [3.8, 4) is 0 Å². The molecular formula is C13H14ClNOS. The molecule has 2 unspecified atom stereocenters. The fraction of sp³-hybridized carbons (Fsp3) is 0.308. The molecule has 2 aromatic rings. The van der Waals surface area contributed by atoms with Crippen LogP contribution in [0.2, 0.25) is 5.02 Å². The average molecular weight is 268 g/mol. The third-order valence-corrected chi connectivity index (χ3v) is 4.61. The number of hydrogen-bond acceptors (Lipinski definition) is 3. The van der Waals surface area contributed by atoms with Crippen LogP contribution in [0.4, 0.5) is 0 Å². The molecule has 0 fully saturated rings. The zero-order valence-corrected chi connectivity index (χ0v) is 11.3. The topological polar surface area (TPSA) is 33.1 Å². The largest absolute Gasteiger partial charge is 0.387 e. The van der Waals surface area contributed by atoms with E-state index in [1.165, 1.54) is 11.3 Å². The number of halogens is 1. The van der Waals surface area contributed by atoms with E-state index >= 15 is 0 Å². The smallest absolute Gasteiger partial charge is 0.0977 e. The van der Waals surface area contributed by atoms with Crippen molar-refractivity contribution in [3.63, 3.8) is 0 Å². The molecule has 0 amide bonds. The van der Waals surface area contributed by atoms with Crippen molar-refractivity contribution in [2.75, 3.05) is 0 Å². The maximum Gasteiger partial charge on any atom is 0.0977 e. The number of pyridine rings is 1. The van der Waals surface area contributed by atoms with E-state index in [1.807, 2.05) is 37.4 Å². The highest BCUT2D eigenvalue weighted by Gasteiger charge is 2.23. The summed E-state index contributed by atoms with van der Waals surface area (Å²) < 4.78 is 0. The van der Waals surface area contributed by atoms with E-state index in [-0.39, 0.29) is 5.92 Å². The van der Waals surface area contributed by atoms with Gasteiger partial charge in [-0.2, -0.15) is 0 Å². The van der Waals surface area contributed by atoms with Gasteiger partial charge in [-0.1, -0.05) is 24.6 Å². The third kappa shape index (κ3) is 2.51. The van der Waals surface area contributed by atoms with Crippen LogP contribution < -0.4 is 0 Å². The molecule has 0 aliphatic heterocycles. The van der Waals surface area contributed by atoms with Gasteiger partial charge in [-0.05, 0) is 30.0 Å². The standard InChI is InChI=1S/C13H14ClNOS/c1-8-7-17-13(11(8)14)12(16)9(2)10-5-3-4-6-15-10/h3-7,9,12,16H,1-2H3. The van der Waals surface area contributed by atoms with Crippen LogP contribution in [0, 0.1) is 6.92 Å². The van der Waals surface area contributed by atoms with Crippen LogP contribution in [0.15, 0.2) is 29.8 Å². The lowest BCUT2D eigenvalue weighted by Crippen LogP contribution is -2.08. The number of rotatable bonds is 3. The Balaban J connectivity index is 2.26. The van der Waals surface area contributed by atoms with Gasteiger partial charge in [0.2, 0.25) is 0 Å². The van der Waals surface area contributed by atoms with Crippen molar-refractivity contribution in [1.29, 1.82) is 0 Å². The van der Waals surface area contributed by atoms with Gasteiger partial charge in [-0.3, -0.25) is 4.98 Å². The molecule has 1 N–H and O–H groups in total. The van der Waals surface area contributed by atoms with Gasteiger partial charge in [0, 0.05) is 17.8 Å². The Hall–Kier alpha value is -0.900. The predicted molar refractivity (Wildman–Crippen MR) is 71.7 cm³/mol. The summed E-state index contributed by atoms with van der Waals surface area (Å²) in [5, 5.41) is 13.0. The van der Waals surface area contributed by atoms with Gasteiger partial charge in [0.1, 0.15) is 0 Å². The summed E-state index contributed by atoms with van der Waals surface area (Å²) in [5.41, 5.74) is 1.89. The molecule has 0 aliphatic rings. The van der Waals surface area contributed by atoms with Crippen LogP contribution in [0.3, 0.4) is 0 Å². The summed E-state index contributed by atoms with van der Waals surface area (Å²) in [6.07, 6.45) is 1.14. The summed E-state index contributed by atoms with van der Waals surface area (Å²) >= 11 is 7.66. The summed E-state index contributed by atoms with van der Waals surface area (Å²) in [6.45, 7) is 3.90. The molecule has 2 aromatic heterocycles. The fourth-order valence-electron chi connectivity index (χ4n) is 1.68. The summed E-state index contributed by atoms with van der Waals surface area (Å²) in [4.78, 5) is 5.08. The molecule has 0 bridgehead atoms. The highest BCUT2D eigenvalue weighted by Crippen LogP contribution is 2.38. The molecular weight excluding hydrogens is 254 g/mol. The van der Waals surface area contributed by atoms with E-state index in [0.717, 1.165) is 16.1 Å². The lowest BCUT2D eigenvalue weighted by Gasteiger charge is -2.17. The van der Waals surface area contributed by atoms with Crippen molar-refractivity contribution in [2.45, 2.75) is 25.9 Å². The van der Waals surface area contributed by atoms with Crippen molar-refractivity contribution in [2.24, 2.45) is 0 Å². The molecule has 2 nitrogen and oxygen atoms in total. The Morgan fingerprint density at radius 2 is 2.18 bits per heavy atom. The monoisotopic (exact) mass is 267 g/mol. The van der Waals surface area contributed by atoms with Crippen molar-refractivity contribution >= 4 is 22.9 Å². The van der Waals surface area contributed by atoms with Crippen LogP contribution in [0.5, 0.6) is 0 Å². The number of aromatic nitrogens is 1. The lowest BCUT2D eigenvalue weighted by atomic mass is 9.99. The van der Waals surface area contributed by atoms with Crippen LogP contribution in [0.25, 0.3) is 0 Å². The average Bonchev–Trinajstić information content (AvgIpc) is 2.69. The van der Waals surface area contributed by atoms with E-state index in [4.69, 9.17) is 11.6 Å². The molecule has 90 valence electrons. The third-order valence-electron chi connectivity index (χ3n) is 2.82. The molecule has 17 heavy (non-hydrogen) atoms. The second-order valence-electron chi connectivity index (χ2n) is 4.09. The Labute approximate surface area is 110 Å². The van der Waals surface area contributed by atoms with Crippen LogP contribution in [0.1, 0.15) is 35.1 Å². The molecule has 4 heteroatoms. The van der Waals surface area contributed by atoms with Gasteiger partial charge in [0.15, 0.2) is 0 Å². The molecule has 0 aromatic carbocycles. The predicted octanol–water partition coefficient (Wildman–Crippen LogP) is 3.94. The Bertz CT molecular complexity index is 497. The van der Waals surface area contributed by atoms with Gasteiger partial charge in [0.25, 0.3) is 0 Å². The van der Waals surface area contributed by atoms with E-state index < -0.39 is 6.10 Å². The Morgan fingerprint density at radius 1 is 1.41 bits per heavy atom. The Morgan fingerprint density at radius 3 is 2.71 bits per heavy atom. The van der Waals surface area contributed by atoms with Crippen LogP contribution in [-0.4, -0.2) is 10.1 Å². The number of aliphatic hydroxyl groups is 1. The van der Waals surface area contributed by atoms with Gasteiger partial charge in [0.05, 0.1) is 16.0 Å². The normalized spacial score (nSPS) is 14.6. The first-order chi connectivity index (χ1) is 8.11. The van der Waals surface area contributed by atoms with E-state index in [9.17, 15) is 5.11 Å². The quantitative estimate of drug-likeness (QED) is 0.914. The molecule has 0 saturated heterocycles. The minimum Gasteiger partial charge on any atom is -0.387 e. The molecule has 2 atom stereocenters. The second-order valence-corrected chi connectivity index (χ2v) is 5.37. The maximum absolute atomic E-state index is 10.3. The van der Waals surface area contributed by atoms with Gasteiger partial charge >= 0.3 is 0 Å². The second kappa shape index (κ2) is 5.17. The maximum atomic E-state index is 10.3. The van der Waals surface area contributed by atoms with E-state index in [2.05, 4.69) is 4.98 Å². The molecule has 0 radical (unpaired) electrons. The highest BCUT2D eigenvalue weighted by molar-refractivity contribution is 7.10. The molecule has 2 heterocycles. The van der Waals surface area contributed by atoms with Gasteiger partial charge in [-0.15, -0.1) is 11.3 Å². The summed E-state index contributed by atoms with van der Waals surface area (Å²) in [5.74, 6) is -0.0632. The summed E-state index contributed by atoms with van der Waals surface area (Å²) in [7, 11) is 0. The van der Waals surface area contributed by atoms with E-state index in [0.29, 0.717) is 5.02 Å². The molecule has 2 rings (SSSR count). The molecule has 0 spiro atoms. The van der Waals surface area contributed by atoms with Crippen LogP contribution >= 0.6 is 22.9 Å². The minimum atomic E-state index is -0.601. The van der Waals surface area contributed by atoms with Crippen molar-refractivity contribution < 1.29 is 5.11 Å². The number of nitrogens with zero attached hydrogens (tertiary/aromatic N) is 1.